The molecule has 0 bridgehead atoms. The standard InChI is InChI=1S/C14H23N3/c1-12(10-14-4-2-3-7-16-14)17-11-13-5-8-15-9-6-13/h5-6,8-9,12,14,16-17H,2-4,7,10-11H2,1H3. The van der Waals surface area contributed by atoms with E-state index < -0.39 is 0 Å². The summed E-state index contributed by atoms with van der Waals surface area (Å²) in [7, 11) is 0. The maximum absolute atomic E-state index is 4.03. The van der Waals surface area contributed by atoms with E-state index >= 15 is 0 Å². The number of rotatable bonds is 5. The van der Waals surface area contributed by atoms with Crippen molar-refractivity contribution in [3.63, 3.8) is 0 Å². The van der Waals surface area contributed by atoms with Crippen LogP contribution in [-0.4, -0.2) is 23.6 Å². The van der Waals surface area contributed by atoms with Gasteiger partial charge in [0.15, 0.2) is 0 Å². The van der Waals surface area contributed by atoms with Crippen LogP contribution in [0.5, 0.6) is 0 Å². The second kappa shape index (κ2) is 6.72. The molecular formula is C14H23N3. The molecule has 1 saturated heterocycles. The van der Waals surface area contributed by atoms with Crippen molar-refractivity contribution in [2.45, 2.75) is 51.2 Å². The van der Waals surface area contributed by atoms with Gasteiger partial charge < -0.3 is 10.6 Å². The fourth-order valence-electron chi connectivity index (χ4n) is 2.43. The van der Waals surface area contributed by atoms with Gasteiger partial charge in [0.1, 0.15) is 0 Å². The lowest BCUT2D eigenvalue weighted by Crippen LogP contribution is -2.39. The summed E-state index contributed by atoms with van der Waals surface area (Å²) in [5, 5.41) is 7.18. The summed E-state index contributed by atoms with van der Waals surface area (Å²) in [4.78, 5) is 4.03. The molecule has 1 aromatic heterocycles. The summed E-state index contributed by atoms with van der Waals surface area (Å²) in [6.45, 7) is 4.41. The number of hydrogen-bond donors (Lipinski definition) is 2. The van der Waals surface area contributed by atoms with E-state index in [0.717, 1.165) is 6.54 Å². The molecule has 94 valence electrons. The van der Waals surface area contributed by atoms with Gasteiger partial charge in [-0.25, -0.2) is 0 Å². The quantitative estimate of drug-likeness (QED) is 0.817. The summed E-state index contributed by atoms with van der Waals surface area (Å²) in [6, 6.07) is 5.42. The zero-order valence-corrected chi connectivity index (χ0v) is 10.7. The molecule has 2 atom stereocenters. The van der Waals surface area contributed by atoms with Crippen LogP contribution in [0.25, 0.3) is 0 Å². The molecule has 2 heterocycles. The Labute approximate surface area is 104 Å². The first kappa shape index (κ1) is 12.5. The van der Waals surface area contributed by atoms with Crippen LogP contribution in [-0.2, 0) is 6.54 Å². The molecule has 0 aliphatic carbocycles. The Balaban J connectivity index is 1.68. The van der Waals surface area contributed by atoms with Gasteiger partial charge in [-0.1, -0.05) is 6.42 Å². The first-order valence-electron chi connectivity index (χ1n) is 6.70. The van der Waals surface area contributed by atoms with Crippen molar-refractivity contribution in [2.75, 3.05) is 6.54 Å². The van der Waals surface area contributed by atoms with Crippen molar-refractivity contribution in [2.24, 2.45) is 0 Å². The van der Waals surface area contributed by atoms with Gasteiger partial charge in [-0.05, 0) is 50.4 Å². The monoisotopic (exact) mass is 233 g/mol. The summed E-state index contributed by atoms with van der Waals surface area (Å²) in [6.07, 6.45) is 8.99. The predicted molar refractivity (Wildman–Crippen MR) is 70.8 cm³/mol. The highest BCUT2D eigenvalue weighted by molar-refractivity contribution is 5.09. The van der Waals surface area contributed by atoms with Crippen LogP contribution in [0.15, 0.2) is 24.5 Å². The number of piperidine rings is 1. The van der Waals surface area contributed by atoms with Crippen LogP contribution in [0.2, 0.25) is 0 Å². The highest BCUT2D eigenvalue weighted by Crippen LogP contribution is 2.12. The van der Waals surface area contributed by atoms with Crippen LogP contribution < -0.4 is 10.6 Å². The Hall–Kier alpha value is -0.930. The van der Waals surface area contributed by atoms with Crippen LogP contribution >= 0.6 is 0 Å². The van der Waals surface area contributed by atoms with E-state index in [1.807, 2.05) is 12.4 Å². The lowest BCUT2D eigenvalue weighted by molar-refractivity contribution is 0.344. The Morgan fingerprint density at radius 3 is 2.94 bits per heavy atom. The van der Waals surface area contributed by atoms with Crippen LogP contribution in [0.1, 0.15) is 38.2 Å². The van der Waals surface area contributed by atoms with Gasteiger partial charge >= 0.3 is 0 Å². The van der Waals surface area contributed by atoms with E-state index in [4.69, 9.17) is 0 Å². The minimum atomic E-state index is 0.568. The van der Waals surface area contributed by atoms with Crippen LogP contribution in [0, 0.1) is 0 Å². The lowest BCUT2D eigenvalue weighted by Gasteiger charge is -2.26. The molecule has 17 heavy (non-hydrogen) atoms. The SMILES string of the molecule is CC(CC1CCCCN1)NCc1ccncc1. The van der Waals surface area contributed by atoms with Gasteiger partial charge in [-0.15, -0.1) is 0 Å². The molecule has 3 heteroatoms. The first-order chi connectivity index (χ1) is 8.34. The van der Waals surface area contributed by atoms with E-state index in [0.29, 0.717) is 12.1 Å². The number of nitrogens with zero attached hydrogens (tertiary/aromatic N) is 1. The second-order valence-electron chi connectivity index (χ2n) is 5.02. The van der Waals surface area contributed by atoms with Gasteiger partial charge in [-0.2, -0.15) is 0 Å². The van der Waals surface area contributed by atoms with E-state index in [1.54, 1.807) is 0 Å². The number of aromatic nitrogens is 1. The molecule has 1 aliphatic rings. The molecule has 2 rings (SSSR count). The van der Waals surface area contributed by atoms with E-state index in [2.05, 4.69) is 34.7 Å². The topological polar surface area (TPSA) is 37.0 Å². The summed E-state index contributed by atoms with van der Waals surface area (Å²) in [5.41, 5.74) is 1.31. The molecule has 0 aromatic carbocycles. The van der Waals surface area contributed by atoms with Gasteiger partial charge in [0, 0.05) is 31.0 Å². The molecule has 0 amide bonds. The predicted octanol–water partition coefficient (Wildman–Crippen LogP) is 2.09. The second-order valence-corrected chi connectivity index (χ2v) is 5.02. The van der Waals surface area contributed by atoms with Gasteiger partial charge in [0.2, 0.25) is 0 Å². The van der Waals surface area contributed by atoms with Gasteiger partial charge in [0.05, 0.1) is 0 Å². The van der Waals surface area contributed by atoms with Crippen LogP contribution in [0.4, 0.5) is 0 Å². The molecule has 3 nitrogen and oxygen atoms in total. The van der Waals surface area contributed by atoms with Gasteiger partial charge in [0.25, 0.3) is 0 Å². The summed E-state index contributed by atoms with van der Waals surface area (Å²) >= 11 is 0. The fraction of sp³-hybridized carbons (Fsp3) is 0.643. The highest BCUT2D eigenvalue weighted by Gasteiger charge is 2.15. The molecule has 1 fully saturated rings. The molecule has 1 aromatic rings. The smallest absolute Gasteiger partial charge is 0.0271 e. The largest absolute Gasteiger partial charge is 0.314 e. The van der Waals surface area contributed by atoms with E-state index in [-0.39, 0.29) is 0 Å². The fourth-order valence-corrected chi connectivity index (χ4v) is 2.43. The molecule has 2 unspecified atom stereocenters. The Kier molecular flexibility index (Phi) is 4.95. The Morgan fingerprint density at radius 1 is 1.41 bits per heavy atom. The maximum Gasteiger partial charge on any atom is 0.0271 e. The van der Waals surface area contributed by atoms with Crippen molar-refractivity contribution < 1.29 is 0 Å². The normalized spacial score (nSPS) is 22.3. The van der Waals surface area contributed by atoms with Crippen molar-refractivity contribution in [1.82, 2.24) is 15.6 Å². The van der Waals surface area contributed by atoms with E-state index in [1.165, 1.54) is 37.8 Å². The number of pyridine rings is 1. The number of hydrogen-bond acceptors (Lipinski definition) is 3. The third-order valence-corrected chi connectivity index (χ3v) is 3.45. The summed E-state index contributed by atoms with van der Waals surface area (Å²) < 4.78 is 0. The van der Waals surface area contributed by atoms with Crippen molar-refractivity contribution in [3.8, 4) is 0 Å². The van der Waals surface area contributed by atoms with E-state index in [9.17, 15) is 0 Å². The van der Waals surface area contributed by atoms with Crippen molar-refractivity contribution in [3.05, 3.63) is 30.1 Å². The zero-order chi connectivity index (χ0) is 11.9. The first-order valence-corrected chi connectivity index (χ1v) is 6.70. The molecule has 1 aliphatic heterocycles. The molecule has 0 spiro atoms. The average Bonchev–Trinajstić information content (AvgIpc) is 2.39. The minimum Gasteiger partial charge on any atom is -0.314 e. The van der Waals surface area contributed by atoms with Gasteiger partial charge in [-0.3, -0.25) is 4.98 Å². The third-order valence-electron chi connectivity index (χ3n) is 3.45. The number of nitrogens with one attached hydrogen (secondary N) is 2. The summed E-state index contributed by atoms with van der Waals surface area (Å²) in [5.74, 6) is 0. The molecular weight excluding hydrogens is 210 g/mol. The lowest BCUT2D eigenvalue weighted by atomic mass is 9.99. The Morgan fingerprint density at radius 2 is 2.24 bits per heavy atom. The Bertz CT molecular complexity index is 307. The molecule has 2 N–H and O–H groups in total. The van der Waals surface area contributed by atoms with Crippen LogP contribution in [0.3, 0.4) is 0 Å². The maximum atomic E-state index is 4.03. The molecule has 0 radical (unpaired) electrons. The minimum absolute atomic E-state index is 0.568. The third kappa shape index (κ3) is 4.44. The van der Waals surface area contributed by atoms with Crippen molar-refractivity contribution in [1.29, 1.82) is 0 Å². The average molecular weight is 233 g/mol. The molecule has 0 saturated carbocycles. The zero-order valence-electron chi connectivity index (χ0n) is 10.7. The highest BCUT2D eigenvalue weighted by atomic mass is 15.0. The van der Waals surface area contributed by atoms with Crippen molar-refractivity contribution >= 4 is 0 Å².